The lowest BCUT2D eigenvalue weighted by molar-refractivity contribution is 1.22. The largest absolute Gasteiger partial charge is 0.339 e. The number of rotatable bonds is 3. The molecule has 0 bridgehead atoms. The van der Waals surface area contributed by atoms with Crippen molar-refractivity contribution in [3.63, 3.8) is 0 Å². The summed E-state index contributed by atoms with van der Waals surface area (Å²) in [7, 11) is 0. The number of hydrogen-bond donors (Lipinski definition) is 1. The van der Waals surface area contributed by atoms with Crippen LogP contribution in [0.1, 0.15) is 5.56 Å². The molecular weight excluding hydrogens is 365 g/mol. The van der Waals surface area contributed by atoms with Gasteiger partial charge < -0.3 is 5.32 Å². The van der Waals surface area contributed by atoms with Crippen molar-refractivity contribution in [1.29, 1.82) is 0 Å². The Hall–Kier alpha value is -2.62. The molecule has 5 heteroatoms. The third-order valence-electron chi connectivity index (χ3n) is 4.16. The number of fused-ring (bicyclic) bond motifs is 1. The number of anilines is 2. The predicted molar refractivity (Wildman–Crippen MR) is 109 cm³/mol. The molecule has 0 spiro atoms. The molecule has 0 saturated heterocycles. The first-order chi connectivity index (χ1) is 12.6. The van der Waals surface area contributed by atoms with E-state index in [-0.39, 0.29) is 0 Å². The van der Waals surface area contributed by atoms with Crippen LogP contribution < -0.4 is 5.32 Å². The first-order valence-corrected chi connectivity index (χ1v) is 8.92. The lowest BCUT2D eigenvalue weighted by atomic mass is 10.1. The molecule has 1 heterocycles. The van der Waals surface area contributed by atoms with Gasteiger partial charge in [0, 0.05) is 26.7 Å². The Morgan fingerprint density at radius 3 is 2.35 bits per heavy atom. The minimum absolute atomic E-state index is 0.641. The van der Waals surface area contributed by atoms with E-state index in [1.54, 1.807) is 0 Å². The molecule has 3 aromatic carbocycles. The third-order valence-corrected chi connectivity index (χ3v) is 4.65. The highest BCUT2D eigenvalue weighted by molar-refractivity contribution is 6.31. The summed E-state index contributed by atoms with van der Waals surface area (Å²) in [6.45, 7) is 2.03. The minimum atomic E-state index is 0.641. The van der Waals surface area contributed by atoms with Gasteiger partial charge in [-0.05, 0) is 61.0 Å². The smallest absolute Gasteiger partial charge is 0.162 e. The van der Waals surface area contributed by atoms with Gasteiger partial charge in [0.05, 0.1) is 5.52 Å². The van der Waals surface area contributed by atoms with Crippen LogP contribution in [0.5, 0.6) is 0 Å². The predicted octanol–water partition coefficient (Wildman–Crippen LogP) is 6.66. The van der Waals surface area contributed by atoms with E-state index in [1.807, 2.05) is 73.7 Å². The molecule has 0 amide bonds. The molecule has 4 aromatic rings. The first-order valence-electron chi connectivity index (χ1n) is 8.16. The maximum Gasteiger partial charge on any atom is 0.162 e. The van der Waals surface area contributed by atoms with Crippen LogP contribution in [0.25, 0.3) is 22.3 Å². The van der Waals surface area contributed by atoms with E-state index in [4.69, 9.17) is 33.2 Å². The molecule has 0 unspecified atom stereocenters. The molecule has 1 N–H and O–H groups in total. The number of nitrogens with zero attached hydrogens (tertiary/aromatic N) is 2. The Balaban J connectivity index is 1.87. The second-order valence-electron chi connectivity index (χ2n) is 6.00. The standard InChI is InChI=1S/C21H15Cl2N3/c1-13-6-9-16(23)12-19(13)25-21-17-4-2-3-5-18(17)24-20(26-21)14-7-10-15(22)11-8-14/h2-12H,1H3,(H,24,25,26). The van der Waals surface area contributed by atoms with E-state index >= 15 is 0 Å². The number of aromatic nitrogens is 2. The van der Waals surface area contributed by atoms with E-state index in [0.29, 0.717) is 15.9 Å². The number of benzene rings is 3. The molecule has 0 saturated carbocycles. The zero-order valence-electron chi connectivity index (χ0n) is 14.0. The van der Waals surface area contributed by atoms with Crippen LogP contribution in [0.15, 0.2) is 66.7 Å². The average molecular weight is 380 g/mol. The van der Waals surface area contributed by atoms with Gasteiger partial charge >= 0.3 is 0 Å². The van der Waals surface area contributed by atoms with Crippen molar-refractivity contribution < 1.29 is 0 Å². The lowest BCUT2D eigenvalue weighted by Gasteiger charge is -2.13. The van der Waals surface area contributed by atoms with Crippen LogP contribution in [0, 0.1) is 6.92 Å². The minimum Gasteiger partial charge on any atom is -0.339 e. The van der Waals surface area contributed by atoms with E-state index in [1.165, 1.54) is 0 Å². The van der Waals surface area contributed by atoms with E-state index in [9.17, 15) is 0 Å². The fourth-order valence-corrected chi connectivity index (χ4v) is 3.05. The topological polar surface area (TPSA) is 37.8 Å². The van der Waals surface area contributed by atoms with Gasteiger partial charge in [0.2, 0.25) is 0 Å². The molecule has 0 aliphatic carbocycles. The van der Waals surface area contributed by atoms with Crippen molar-refractivity contribution in [2.45, 2.75) is 6.92 Å². The van der Waals surface area contributed by atoms with Crippen molar-refractivity contribution in [1.82, 2.24) is 9.97 Å². The highest BCUT2D eigenvalue weighted by Crippen LogP contribution is 2.30. The molecule has 26 heavy (non-hydrogen) atoms. The fourth-order valence-electron chi connectivity index (χ4n) is 2.76. The van der Waals surface area contributed by atoms with Gasteiger partial charge in [-0.1, -0.05) is 41.4 Å². The first kappa shape index (κ1) is 16.8. The lowest BCUT2D eigenvalue weighted by Crippen LogP contribution is -2.00. The van der Waals surface area contributed by atoms with Gasteiger partial charge in [0.25, 0.3) is 0 Å². The summed E-state index contributed by atoms with van der Waals surface area (Å²) in [5, 5.41) is 5.72. The van der Waals surface area contributed by atoms with Crippen molar-refractivity contribution in [2.75, 3.05) is 5.32 Å². The maximum absolute atomic E-state index is 6.16. The molecular formula is C21H15Cl2N3. The van der Waals surface area contributed by atoms with Crippen molar-refractivity contribution in [3.8, 4) is 11.4 Å². The van der Waals surface area contributed by atoms with Crippen LogP contribution in [0.3, 0.4) is 0 Å². The Morgan fingerprint density at radius 1 is 0.808 bits per heavy atom. The van der Waals surface area contributed by atoms with Crippen molar-refractivity contribution in [2.24, 2.45) is 0 Å². The molecule has 128 valence electrons. The monoisotopic (exact) mass is 379 g/mol. The van der Waals surface area contributed by atoms with Gasteiger partial charge in [0.15, 0.2) is 5.82 Å². The Labute approximate surface area is 161 Å². The van der Waals surface area contributed by atoms with Crippen LogP contribution in [0.2, 0.25) is 10.0 Å². The summed E-state index contributed by atoms with van der Waals surface area (Å²) in [6.07, 6.45) is 0. The molecule has 0 aliphatic heterocycles. The molecule has 3 nitrogen and oxygen atoms in total. The van der Waals surface area contributed by atoms with Crippen LogP contribution in [0.4, 0.5) is 11.5 Å². The summed E-state index contributed by atoms with van der Waals surface area (Å²) >= 11 is 12.2. The number of halogens is 2. The Kier molecular flexibility index (Phi) is 4.49. The zero-order chi connectivity index (χ0) is 18.1. The normalized spacial score (nSPS) is 10.9. The second kappa shape index (κ2) is 6.94. The SMILES string of the molecule is Cc1ccc(Cl)cc1Nc1nc(-c2ccc(Cl)cc2)nc2ccccc12. The number of aryl methyl sites for hydroxylation is 1. The summed E-state index contributed by atoms with van der Waals surface area (Å²) in [5.74, 6) is 1.38. The fraction of sp³-hybridized carbons (Fsp3) is 0.0476. The summed E-state index contributed by atoms with van der Waals surface area (Å²) in [4.78, 5) is 9.46. The number of nitrogens with one attached hydrogen (secondary N) is 1. The van der Waals surface area contributed by atoms with Gasteiger partial charge in [-0.25, -0.2) is 9.97 Å². The van der Waals surface area contributed by atoms with Crippen molar-refractivity contribution in [3.05, 3.63) is 82.3 Å². The zero-order valence-corrected chi connectivity index (χ0v) is 15.5. The van der Waals surface area contributed by atoms with Gasteiger partial charge in [-0.15, -0.1) is 0 Å². The molecule has 4 rings (SSSR count). The summed E-state index contributed by atoms with van der Waals surface area (Å²) < 4.78 is 0. The second-order valence-corrected chi connectivity index (χ2v) is 6.88. The van der Waals surface area contributed by atoms with Crippen LogP contribution in [-0.4, -0.2) is 9.97 Å². The highest BCUT2D eigenvalue weighted by atomic mass is 35.5. The molecule has 0 fully saturated rings. The maximum atomic E-state index is 6.16. The third kappa shape index (κ3) is 3.36. The number of para-hydroxylation sites is 1. The highest BCUT2D eigenvalue weighted by Gasteiger charge is 2.11. The average Bonchev–Trinajstić information content (AvgIpc) is 2.65. The quantitative estimate of drug-likeness (QED) is 0.432. The van der Waals surface area contributed by atoms with Gasteiger partial charge in [-0.3, -0.25) is 0 Å². The van der Waals surface area contributed by atoms with Crippen LogP contribution >= 0.6 is 23.2 Å². The van der Waals surface area contributed by atoms with E-state index < -0.39 is 0 Å². The van der Waals surface area contributed by atoms with Gasteiger partial charge in [0.1, 0.15) is 5.82 Å². The van der Waals surface area contributed by atoms with Crippen molar-refractivity contribution >= 4 is 45.6 Å². The Morgan fingerprint density at radius 2 is 1.54 bits per heavy atom. The Bertz CT molecular complexity index is 1090. The summed E-state index contributed by atoms with van der Waals surface area (Å²) in [5.41, 5.74) is 3.79. The summed E-state index contributed by atoms with van der Waals surface area (Å²) in [6, 6.07) is 21.2. The van der Waals surface area contributed by atoms with Crippen LogP contribution in [-0.2, 0) is 0 Å². The molecule has 0 radical (unpaired) electrons. The molecule has 1 aromatic heterocycles. The molecule has 0 aliphatic rings. The van der Waals surface area contributed by atoms with Gasteiger partial charge in [-0.2, -0.15) is 0 Å². The molecule has 0 atom stereocenters. The van der Waals surface area contributed by atoms with E-state index in [0.717, 1.165) is 33.5 Å². The van der Waals surface area contributed by atoms with E-state index in [2.05, 4.69) is 5.32 Å². The number of hydrogen-bond acceptors (Lipinski definition) is 3.